The van der Waals surface area contributed by atoms with Crippen molar-refractivity contribution in [1.82, 2.24) is 0 Å². The van der Waals surface area contributed by atoms with Gasteiger partial charge in [-0.15, -0.1) is 0 Å². The van der Waals surface area contributed by atoms with Crippen molar-refractivity contribution in [3.8, 4) is 5.75 Å². The molecule has 6 heteroatoms. The van der Waals surface area contributed by atoms with Gasteiger partial charge in [-0.1, -0.05) is 28.9 Å². The van der Waals surface area contributed by atoms with Crippen LogP contribution in [-0.2, 0) is 22.4 Å². The second-order valence-corrected chi connectivity index (χ2v) is 7.30. The Hall–Kier alpha value is -2.34. The van der Waals surface area contributed by atoms with Crippen molar-refractivity contribution in [1.29, 1.82) is 0 Å². The lowest BCUT2D eigenvalue weighted by Crippen LogP contribution is -2.35. The van der Waals surface area contributed by atoms with Gasteiger partial charge < -0.3 is 15.3 Å². The standard InChI is InChI=1S/C20H21BrN2O3/c1-2-9-23-17-7-6-16(10-13(17)4-8-20(23)26)22-19(25)11-14-3-5-15(21)12-18(14)24/h3,5-7,10,12,24H,2,4,8-9,11H2,1H3,(H,22,25). The van der Waals surface area contributed by atoms with Gasteiger partial charge in [0.25, 0.3) is 0 Å². The molecule has 2 aromatic carbocycles. The Labute approximate surface area is 161 Å². The van der Waals surface area contributed by atoms with E-state index in [1.807, 2.05) is 30.0 Å². The van der Waals surface area contributed by atoms with E-state index in [0.29, 0.717) is 30.6 Å². The second-order valence-electron chi connectivity index (χ2n) is 6.39. The summed E-state index contributed by atoms with van der Waals surface area (Å²) in [4.78, 5) is 26.2. The van der Waals surface area contributed by atoms with Crippen molar-refractivity contribution in [3.05, 3.63) is 52.0 Å². The number of nitrogens with zero attached hydrogens (tertiary/aromatic N) is 1. The third-order valence-corrected chi connectivity index (χ3v) is 4.90. The minimum atomic E-state index is -0.195. The Bertz CT molecular complexity index is 851. The van der Waals surface area contributed by atoms with Gasteiger partial charge >= 0.3 is 0 Å². The predicted molar refractivity (Wildman–Crippen MR) is 106 cm³/mol. The number of rotatable bonds is 5. The molecular weight excluding hydrogens is 396 g/mol. The van der Waals surface area contributed by atoms with Gasteiger partial charge in [-0.2, -0.15) is 0 Å². The van der Waals surface area contributed by atoms with E-state index >= 15 is 0 Å². The zero-order chi connectivity index (χ0) is 18.7. The quantitative estimate of drug-likeness (QED) is 0.772. The van der Waals surface area contributed by atoms with Crippen molar-refractivity contribution in [3.63, 3.8) is 0 Å². The molecular formula is C20H21BrN2O3. The number of anilines is 2. The Kier molecular flexibility index (Phi) is 5.61. The molecule has 0 saturated heterocycles. The van der Waals surface area contributed by atoms with Crippen molar-refractivity contribution in [2.24, 2.45) is 0 Å². The first-order chi connectivity index (χ1) is 12.5. The largest absolute Gasteiger partial charge is 0.508 e. The van der Waals surface area contributed by atoms with Crippen molar-refractivity contribution in [2.75, 3.05) is 16.8 Å². The molecule has 2 aromatic rings. The van der Waals surface area contributed by atoms with Crippen molar-refractivity contribution in [2.45, 2.75) is 32.6 Å². The highest BCUT2D eigenvalue weighted by atomic mass is 79.9. The summed E-state index contributed by atoms with van der Waals surface area (Å²) in [5.41, 5.74) is 3.29. The van der Waals surface area contributed by atoms with Gasteiger partial charge in [-0.3, -0.25) is 9.59 Å². The maximum Gasteiger partial charge on any atom is 0.228 e. The van der Waals surface area contributed by atoms with Crippen LogP contribution >= 0.6 is 15.9 Å². The number of aryl methyl sites for hydroxylation is 1. The molecule has 136 valence electrons. The first-order valence-corrected chi connectivity index (χ1v) is 9.47. The number of halogens is 1. The molecule has 2 N–H and O–H groups in total. The smallest absolute Gasteiger partial charge is 0.228 e. The molecule has 0 saturated carbocycles. The maximum atomic E-state index is 12.3. The summed E-state index contributed by atoms with van der Waals surface area (Å²) in [7, 11) is 0. The summed E-state index contributed by atoms with van der Waals surface area (Å²) in [6.45, 7) is 2.76. The van der Waals surface area contributed by atoms with E-state index in [9.17, 15) is 14.7 Å². The van der Waals surface area contributed by atoms with Crippen LogP contribution in [-0.4, -0.2) is 23.5 Å². The van der Waals surface area contributed by atoms with Crippen LogP contribution < -0.4 is 10.2 Å². The Morgan fingerprint density at radius 2 is 2.04 bits per heavy atom. The number of hydrogen-bond acceptors (Lipinski definition) is 3. The van der Waals surface area contributed by atoms with Gasteiger partial charge in [0.15, 0.2) is 0 Å². The second kappa shape index (κ2) is 7.91. The summed E-state index contributed by atoms with van der Waals surface area (Å²) in [6.07, 6.45) is 2.18. The van der Waals surface area contributed by atoms with E-state index in [-0.39, 0.29) is 24.0 Å². The summed E-state index contributed by atoms with van der Waals surface area (Å²) < 4.78 is 0.764. The van der Waals surface area contributed by atoms with Crippen LogP contribution in [0.4, 0.5) is 11.4 Å². The minimum Gasteiger partial charge on any atom is -0.508 e. The molecule has 0 atom stereocenters. The number of carbonyl (C=O) groups is 2. The van der Waals surface area contributed by atoms with Crippen molar-refractivity contribution < 1.29 is 14.7 Å². The summed E-state index contributed by atoms with van der Waals surface area (Å²) in [6, 6.07) is 10.7. The molecule has 1 aliphatic heterocycles. The summed E-state index contributed by atoms with van der Waals surface area (Å²) in [5.74, 6) is 0.0513. The molecule has 3 rings (SSSR count). The first-order valence-electron chi connectivity index (χ1n) is 8.68. The van der Waals surface area contributed by atoms with Crippen LogP contribution in [0.3, 0.4) is 0 Å². The average Bonchev–Trinajstić information content (AvgIpc) is 2.60. The van der Waals surface area contributed by atoms with Crippen LogP contribution in [0.25, 0.3) is 0 Å². The summed E-state index contributed by atoms with van der Waals surface area (Å²) in [5, 5.41) is 12.8. The highest BCUT2D eigenvalue weighted by Gasteiger charge is 2.23. The number of aromatic hydroxyl groups is 1. The molecule has 0 aliphatic carbocycles. The fourth-order valence-electron chi connectivity index (χ4n) is 3.17. The fraction of sp³-hybridized carbons (Fsp3) is 0.300. The lowest BCUT2D eigenvalue weighted by atomic mass is 10.00. The molecule has 1 aliphatic rings. The fourth-order valence-corrected chi connectivity index (χ4v) is 3.52. The molecule has 0 unspecified atom stereocenters. The zero-order valence-corrected chi connectivity index (χ0v) is 16.2. The highest BCUT2D eigenvalue weighted by Crippen LogP contribution is 2.30. The van der Waals surface area contributed by atoms with E-state index in [1.54, 1.807) is 18.2 Å². The molecule has 5 nitrogen and oxygen atoms in total. The Morgan fingerprint density at radius 1 is 1.23 bits per heavy atom. The number of phenolic OH excluding ortho intramolecular Hbond substituents is 1. The molecule has 0 radical (unpaired) electrons. The van der Waals surface area contributed by atoms with Gasteiger partial charge in [0, 0.05) is 34.4 Å². The number of hydrogen-bond donors (Lipinski definition) is 2. The molecule has 1 heterocycles. The molecule has 0 aromatic heterocycles. The number of fused-ring (bicyclic) bond motifs is 1. The van der Waals surface area contributed by atoms with Gasteiger partial charge in [0.2, 0.25) is 11.8 Å². The van der Waals surface area contributed by atoms with Crippen LogP contribution in [0.2, 0.25) is 0 Å². The van der Waals surface area contributed by atoms with E-state index in [1.165, 1.54) is 0 Å². The van der Waals surface area contributed by atoms with Gasteiger partial charge in [-0.25, -0.2) is 0 Å². The molecule has 0 spiro atoms. The van der Waals surface area contributed by atoms with Crippen LogP contribution in [0, 0.1) is 0 Å². The number of carbonyl (C=O) groups excluding carboxylic acids is 2. The number of amides is 2. The Morgan fingerprint density at radius 3 is 2.77 bits per heavy atom. The zero-order valence-electron chi connectivity index (χ0n) is 14.6. The summed E-state index contributed by atoms with van der Waals surface area (Å²) >= 11 is 3.28. The number of phenols is 1. The number of nitrogens with one attached hydrogen (secondary N) is 1. The molecule has 2 amide bonds. The van der Waals surface area contributed by atoms with E-state index < -0.39 is 0 Å². The van der Waals surface area contributed by atoms with Gasteiger partial charge in [-0.05, 0) is 48.7 Å². The Balaban J connectivity index is 1.72. The first kappa shape index (κ1) is 18.5. The number of benzene rings is 2. The third-order valence-electron chi connectivity index (χ3n) is 4.41. The lowest BCUT2D eigenvalue weighted by molar-refractivity contribution is -0.119. The van der Waals surface area contributed by atoms with Gasteiger partial charge in [0.05, 0.1) is 6.42 Å². The highest BCUT2D eigenvalue weighted by molar-refractivity contribution is 9.10. The van der Waals surface area contributed by atoms with Crippen LogP contribution in [0.15, 0.2) is 40.9 Å². The average molecular weight is 417 g/mol. The predicted octanol–water partition coefficient (Wildman–Crippen LogP) is 4.03. The van der Waals surface area contributed by atoms with E-state index in [4.69, 9.17) is 0 Å². The lowest BCUT2D eigenvalue weighted by Gasteiger charge is -2.29. The minimum absolute atomic E-state index is 0.0914. The maximum absolute atomic E-state index is 12.3. The molecule has 0 bridgehead atoms. The normalized spacial score (nSPS) is 13.5. The third kappa shape index (κ3) is 4.07. The van der Waals surface area contributed by atoms with Crippen LogP contribution in [0.5, 0.6) is 5.75 Å². The molecule has 0 fully saturated rings. The van der Waals surface area contributed by atoms with Crippen molar-refractivity contribution >= 4 is 39.1 Å². The monoisotopic (exact) mass is 416 g/mol. The van der Waals surface area contributed by atoms with Crippen LogP contribution in [0.1, 0.15) is 30.9 Å². The molecule has 26 heavy (non-hydrogen) atoms. The van der Waals surface area contributed by atoms with E-state index in [2.05, 4.69) is 21.2 Å². The van der Waals surface area contributed by atoms with Gasteiger partial charge in [0.1, 0.15) is 5.75 Å². The topological polar surface area (TPSA) is 69.6 Å². The van der Waals surface area contributed by atoms with E-state index in [0.717, 1.165) is 22.1 Å². The SMILES string of the molecule is CCCN1C(=O)CCc2cc(NC(=O)Cc3ccc(Br)cc3O)ccc21.